The first-order valence-corrected chi connectivity index (χ1v) is 8.24. The molecule has 1 aromatic rings. The number of ketones is 1. The Labute approximate surface area is 127 Å². The molecular formula is C19H25NO. The summed E-state index contributed by atoms with van der Waals surface area (Å²) in [5, 5.41) is 3.66. The summed E-state index contributed by atoms with van der Waals surface area (Å²) in [5.41, 5.74) is 2.57. The zero-order valence-corrected chi connectivity index (χ0v) is 13.0. The lowest BCUT2D eigenvalue weighted by molar-refractivity contribution is -0.124. The Kier molecular flexibility index (Phi) is 4.25. The van der Waals surface area contributed by atoms with Gasteiger partial charge in [0.1, 0.15) is 5.78 Å². The summed E-state index contributed by atoms with van der Waals surface area (Å²) >= 11 is 0. The van der Waals surface area contributed by atoms with Crippen LogP contribution in [0.3, 0.4) is 0 Å². The van der Waals surface area contributed by atoms with Gasteiger partial charge in [-0.1, -0.05) is 43.3 Å². The number of carbonyl (C=O) groups is 1. The van der Waals surface area contributed by atoms with Crippen LogP contribution in [0.4, 0.5) is 0 Å². The van der Waals surface area contributed by atoms with Gasteiger partial charge in [-0.05, 0) is 43.2 Å². The predicted molar refractivity (Wildman–Crippen MR) is 87.2 cm³/mol. The third kappa shape index (κ3) is 2.82. The van der Waals surface area contributed by atoms with Crippen molar-refractivity contribution < 1.29 is 4.79 Å². The van der Waals surface area contributed by atoms with Crippen molar-refractivity contribution in [3.05, 3.63) is 41.5 Å². The summed E-state index contributed by atoms with van der Waals surface area (Å²) in [6, 6.07) is 9.80. The molecule has 0 aromatic heterocycles. The maximum atomic E-state index is 12.5. The lowest BCUT2D eigenvalue weighted by Gasteiger charge is -2.37. The summed E-state index contributed by atoms with van der Waals surface area (Å²) in [6.45, 7) is 4.03. The molecule has 2 aliphatic rings. The van der Waals surface area contributed by atoms with Crippen molar-refractivity contribution in [3.8, 4) is 0 Å². The smallest absolute Gasteiger partial charge is 0.137 e. The minimum absolute atomic E-state index is 0.168. The first kappa shape index (κ1) is 14.5. The van der Waals surface area contributed by atoms with Crippen molar-refractivity contribution in [3.63, 3.8) is 0 Å². The van der Waals surface area contributed by atoms with Gasteiger partial charge in [-0.3, -0.25) is 4.79 Å². The van der Waals surface area contributed by atoms with E-state index in [-0.39, 0.29) is 5.92 Å². The average molecular weight is 283 g/mol. The van der Waals surface area contributed by atoms with E-state index in [1.54, 1.807) is 0 Å². The van der Waals surface area contributed by atoms with Crippen molar-refractivity contribution in [2.45, 2.75) is 57.5 Å². The van der Waals surface area contributed by atoms with Crippen LogP contribution in [0.1, 0.15) is 56.6 Å². The van der Waals surface area contributed by atoms with Crippen LogP contribution in [0.2, 0.25) is 0 Å². The summed E-state index contributed by atoms with van der Waals surface area (Å²) in [5.74, 6) is 0.993. The topological polar surface area (TPSA) is 29.1 Å². The highest BCUT2D eigenvalue weighted by molar-refractivity contribution is 5.82. The standard InChI is InChI=1S/C19H25NO/c1-3-5-13-6-8-14(9-7-13)16-12-15-10-11-17(20-15)19(16)18(21)4-2/h3,5-9,15-17,19-20H,4,10-12H2,1-2H3/t15?,16-,17?,19+/m1/s1. The van der Waals surface area contributed by atoms with Crippen LogP contribution < -0.4 is 5.32 Å². The highest BCUT2D eigenvalue weighted by Gasteiger charge is 2.44. The Morgan fingerprint density at radius 1 is 1.29 bits per heavy atom. The monoisotopic (exact) mass is 283 g/mol. The van der Waals surface area contributed by atoms with Crippen molar-refractivity contribution in [1.29, 1.82) is 0 Å². The summed E-state index contributed by atoms with van der Waals surface area (Å²) in [6.07, 6.45) is 8.32. The SMILES string of the molecule is CC=Cc1ccc([C@H]2CC3CCC(N3)[C@H]2C(=O)CC)cc1. The molecule has 0 aliphatic carbocycles. The molecule has 0 spiro atoms. The molecule has 2 unspecified atom stereocenters. The van der Waals surface area contributed by atoms with E-state index >= 15 is 0 Å². The van der Waals surface area contributed by atoms with Crippen molar-refractivity contribution in [2.24, 2.45) is 5.92 Å². The summed E-state index contributed by atoms with van der Waals surface area (Å²) in [7, 11) is 0. The van der Waals surface area contributed by atoms with E-state index in [1.165, 1.54) is 17.5 Å². The van der Waals surface area contributed by atoms with Crippen LogP contribution in [0, 0.1) is 5.92 Å². The van der Waals surface area contributed by atoms with Gasteiger partial charge in [-0.2, -0.15) is 0 Å². The van der Waals surface area contributed by atoms with Crippen molar-refractivity contribution >= 4 is 11.9 Å². The van der Waals surface area contributed by atoms with E-state index in [9.17, 15) is 4.79 Å². The second-order valence-corrected chi connectivity index (χ2v) is 6.40. The number of benzene rings is 1. The minimum Gasteiger partial charge on any atom is -0.310 e. The van der Waals surface area contributed by atoms with E-state index in [2.05, 4.69) is 41.7 Å². The maximum absolute atomic E-state index is 12.5. The summed E-state index contributed by atoms with van der Waals surface area (Å²) < 4.78 is 0. The molecule has 2 fully saturated rings. The van der Waals surface area contributed by atoms with Gasteiger partial charge in [0.2, 0.25) is 0 Å². The highest BCUT2D eigenvalue weighted by atomic mass is 16.1. The lowest BCUT2D eigenvalue weighted by Crippen LogP contribution is -2.47. The molecule has 3 rings (SSSR count). The maximum Gasteiger partial charge on any atom is 0.137 e. The molecule has 1 aromatic carbocycles. The number of Topliss-reactive ketones (excluding diaryl/α,β-unsaturated/α-hetero) is 1. The van der Waals surface area contributed by atoms with Gasteiger partial charge in [0.05, 0.1) is 0 Å². The molecule has 2 heteroatoms. The Bertz CT molecular complexity index is 531. The van der Waals surface area contributed by atoms with E-state index in [1.807, 2.05) is 13.8 Å². The zero-order chi connectivity index (χ0) is 14.8. The molecule has 2 saturated heterocycles. The molecule has 21 heavy (non-hydrogen) atoms. The first-order chi connectivity index (χ1) is 10.2. The molecule has 1 N–H and O–H groups in total. The molecule has 2 aliphatic heterocycles. The second kappa shape index (κ2) is 6.15. The predicted octanol–water partition coefficient (Wildman–Crippen LogP) is 3.92. The molecule has 0 radical (unpaired) electrons. The quantitative estimate of drug-likeness (QED) is 0.907. The van der Waals surface area contributed by atoms with Crippen LogP contribution in [0.5, 0.6) is 0 Å². The summed E-state index contributed by atoms with van der Waals surface area (Å²) in [4.78, 5) is 12.5. The van der Waals surface area contributed by atoms with Crippen LogP contribution in [-0.4, -0.2) is 17.9 Å². The third-order valence-corrected chi connectivity index (χ3v) is 5.13. The van der Waals surface area contributed by atoms with Crippen LogP contribution in [0.25, 0.3) is 6.08 Å². The van der Waals surface area contributed by atoms with Gasteiger partial charge in [0, 0.05) is 24.4 Å². The fourth-order valence-electron chi connectivity index (χ4n) is 4.13. The van der Waals surface area contributed by atoms with Gasteiger partial charge in [-0.15, -0.1) is 0 Å². The van der Waals surface area contributed by atoms with Crippen molar-refractivity contribution in [1.82, 2.24) is 5.32 Å². The van der Waals surface area contributed by atoms with Crippen LogP contribution >= 0.6 is 0 Å². The Hall–Kier alpha value is -1.41. The number of piperidine rings is 1. The second-order valence-electron chi connectivity index (χ2n) is 6.40. The van der Waals surface area contributed by atoms with E-state index in [0.29, 0.717) is 30.2 Å². The molecule has 0 amide bonds. The largest absolute Gasteiger partial charge is 0.310 e. The number of hydrogen-bond donors (Lipinski definition) is 1. The van der Waals surface area contributed by atoms with E-state index < -0.39 is 0 Å². The number of rotatable bonds is 4. The normalized spacial score (nSPS) is 31.7. The van der Waals surface area contributed by atoms with Crippen LogP contribution in [0.15, 0.2) is 30.3 Å². The molecule has 0 saturated carbocycles. The van der Waals surface area contributed by atoms with Crippen molar-refractivity contribution in [2.75, 3.05) is 0 Å². The molecule has 2 nitrogen and oxygen atoms in total. The highest BCUT2D eigenvalue weighted by Crippen LogP contribution is 2.42. The first-order valence-electron chi connectivity index (χ1n) is 8.24. The Morgan fingerprint density at radius 3 is 2.71 bits per heavy atom. The fraction of sp³-hybridized carbons (Fsp3) is 0.526. The fourth-order valence-corrected chi connectivity index (χ4v) is 4.13. The van der Waals surface area contributed by atoms with E-state index in [4.69, 9.17) is 0 Å². The number of fused-ring (bicyclic) bond motifs is 2. The number of nitrogens with one attached hydrogen (secondary N) is 1. The van der Waals surface area contributed by atoms with Gasteiger partial charge >= 0.3 is 0 Å². The molecule has 2 heterocycles. The zero-order valence-electron chi connectivity index (χ0n) is 13.0. The van der Waals surface area contributed by atoms with E-state index in [0.717, 1.165) is 12.8 Å². The van der Waals surface area contributed by atoms with Gasteiger partial charge in [0.25, 0.3) is 0 Å². The average Bonchev–Trinajstić information content (AvgIpc) is 2.89. The number of allylic oxidation sites excluding steroid dienone is 1. The number of carbonyl (C=O) groups excluding carboxylic acids is 1. The Balaban J connectivity index is 1.88. The van der Waals surface area contributed by atoms with Gasteiger partial charge in [-0.25, -0.2) is 0 Å². The third-order valence-electron chi connectivity index (χ3n) is 5.13. The molecular weight excluding hydrogens is 258 g/mol. The lowest BCUT2D eigenvalue weighted by atomic mass is 9.74. The molecule has 112 valence electrons. The van der Waals surface area contributed by atoms with Gasteiger partial charge < -0.3 is 5.32 Å². The Morgan fingerprint density at radius 2 is 2.05 bits per heavy atom. The molecule has 4 atom stereocenters. The minimum atomic E-state index is 0.168. The molecule has 2 bridgehead atoms. The number of hydrogen-bond acceptors (Lipinski definition) is 2. The van der Waals surface area contributed by atoms with Gasteiger partial charge in [0.15, 0.2) is 0 Å². The van der Waals surface area contributed by atoms with Crippen LogP contribution in [-0.2, 0) is 4.79 Å².